The Morgan fingerprint density at radius 1 is 1.40 bits per heavy atom. The van der Waals surface area contributed by atoms with Crippen LogP contribution in [0.3, 0.4) is 0 Å². The number of urea groups is 1. The van der Waals surface area contributed by atoms with Crippen molar-refractivity contribution in [1.82, 2.24) is 4.90 Å². The van der Waals surface area contributed by atoms with E-state index in [1.807, 2.05) is 23.1 Å². The summed E-state index contributed by atoms with van der Waals surface area (Å²) in [6, 6.07) is 7.20. The van der Waals surface area contributed by atoms with Gasteiger partial charge in [-0.05, 0) is 30.9 Å². The molecule has 0 aromatic heterocycles. The highest BCUT2D eigenvalue weighted by molar-refractivity contribution is 5.95. The fourth-order valence-electron chi connectivity index (χ4n) is 2.52. The molecule has 1 aromatic rings. The summed E-state index contributed by atoms with van der Waals surface area (Å²) < 4.78 is 0. The molecule has 1 aliphatic rings. The predicted molar refractivity (Wildman–Crippen MR) is 80.7 cm³/mol. The lowest BCUT2D eigenvalue weighted by Crippen LogP contribution is -2.47. The van der Waals surface area contributed by atoms with Crippen LogP contribution in [0, 0.1) is 5.92 Å². The molecule has 20 heavy (non-hydrogen) atoms. The molecular formula is C15H23N3O2. The normalized spacial score (nSPS) is 16.2. The zero-order valence-corrected chi connectivity index (χ0v) is 12.0. The van der Waals surface area contributed by atoms with Crippen LogP contribution in [0.1, 0.15) is 19.8 Å². The van der Waals surface area contributed by atoms with Gasteiger partial charge in [0.25, 0.3) is 0 Å². The summed E-state index contributed by atoms with van der Waals surface area (Å²) in [4.78, 5) is 16.1. The van der Waals surface area contributed by atoms with E-state index in [9.17, 15) is 9.90 Å². The summed E-state index contributed by atoms with van der Waals surface area (Å²) in [5, 5.41) is 9.22. The molecule has 110 valence electrons. The van der Waals surface area contributed by atoms with Crippen LogP contribution in [0.4, 0.5) is 16.2 Å². The first-order chi connectivity index (χ1) is 9.63. The van der Waals surface area contributed by atoms with Gasteiger partial charge in [0.1, 0.15) is 0 Å². The third-order valence-corrected chi connectivity index (χ3v) is 3.84. The van der Waals surface area contributed by atoms with E-state index in [2.05, 4.69) is 6.92 Å². The lowest BCUT2D eigenvalue weighted by molar-refractivity contribution is 0.178. The highest BCUT2D eigenvalue weighted by Crippen LogP contribution is 2.25. The number of anilines is 2. The second kappa shape index (κ2) is 6.61. The minimum absolute atomic E-state index is 0.0659. The van der Waals surface area contributed by atoms with Crippen molar-refractivity contribution >= 4 is 17.4 Å². The first kappa shape index (κ1) is 14.7. The number of hydrogen-bond acceptors (Lipinski definition) is 3. The van der Waals surface area contributed by atoms with Crippen LogP contribution in [0.5, 0.6) is 0 Å². The molecule has 5 nitrogen and oxygen atoms in total. The number of nitrogen functional groups attached to an aromatic ring is 1. The second-order valence-corrected chi connectivity index (χ2v) is 5.39. The number of carbonyl (C=O) groups excluding carboxylic acids is 1. The molecular weight excluding hydrogens is 254 g/mol. The molecule has 2 rings (SSSR count). The summed E-state index contributed by atoms with van der Waals surface area (Å²) >= 11 is 0. The van der Waals surface area contributed by atoms with Crippen molar-refractivity contribution in [3.05, 3.63) is 24.3 Å². The van der Waals surface area contributed by atoms with Crippen molar-refractivity contribution in [2.45, 2.75) is 19.8 Å². The highest BCUT2D eigenvalue weighted by atomic mass is 16.3. The fraction of sp³-hybridized carbons (Fsp3) is 0.533. The summed E-state index contributed by atoms with van der Waals surface area (Å²) in [5.74, 6) is 0.673. The number of piperidine rings is 1. The molecule has 1 saturated heterocycles. The van der Waals surface area contributed by atoms with Crippen LogP contribution in [0.2, 0.25) is 0 Å². The topological polar surface area (TPSA) is 69.8 Å². The molecule has 5 heteroatoms. The Morgan fingerprint density at radius 3 is 2.65 bits per heavy atom. The summed E-state index contributed by atoms with van der Waals surface area (Å²) in [6.45, 7) is 3.94. The van der Waals surface area contributed by atoms with Gasteiger partial charge in [-0.25, -0.2) is 4.79 Å². The minimum Gasteiger partial charge on any atom is -0.397 e. The van der Waals surface area contributed by atoms with Gasteiger partial charge >= 0.3 is 6.03 Å². The van der Waals surface area contributed by atoms with Gasteiger partial charge in [0.15, 0.2) is 0 Å². The maximum atomic E-state index is 12.6. The lowest BCUT2D eigenvalue weighted by atomic mass is 9.99. The van der Waals surface area contributed by atoms with Gasteiger partial charge in [-0.2, -0.15) is 0 Å². The molecule has 0 radical (unpaired) electrons. The zero-order valence-electron chi connectivity index (χ0n) is 12.0. The van der Waals surface area contributed by atoms with E-state index in [1.54, 1.807) is 11.0 Å². The quantitative estimate of drug-likeness (QED) is 0.829. The van der Waals surface area contributed by atoms with Gasteiger partial charge in [0, 0.05) is 13.1 Å². The summed E-state index contributed by atoms with van der Waals surface area (Å²) in [7, 11) is 0. The molecule has 0 atom stereocenters. The van der Waals surface area contributed by atoms with Crippen LogP contribution in [0.25, 0.3) is 0 Å². The molecule has 0 aliphatic carbocycles. The van der Waals surface area contributed by atoms with Crippen LogP contribution < -0.4 is 10.6 Å². The Bertz CT molecular complexity index is 456. The van der Waals surface area contributed by atoms with Crippen molar-refractivity contribution in [2.75, 3.05) is 36.9 Å². The van der Waals surface area contributed by atoms with E-state index in [4.69, 9.17) is 5.73 Å². The van der Waals surface area contributed by atoms with E-state index < -0.39 is 0 Å². The predicted octanol–water partition coefficient (Wildman–Crippen LogP) is 1.92. The summed E-state index contributed by atoms with van der Waals surface area (Å²) in [6.07, 6.45) is 2.06. The first-order valence-corrected chi connectivity index (χ1v) is 7.15. The molecule has 1 aromatic carbocycles. The molecule has 1 fully saturated rings. The van der Waals surface area contributed by atoms with Gasteiger partial charge in [-0.3, -0.25) is 4.90 Å². The Labute approximate surface area is 120 Å². The van der Waals surface area contributed by atoms with Gasteiger partial charge in [0.05, 0.1) is 24.5 Å². The summed E-state index contributed by atoms with van der Waals surface area (Å²) in [5.41, 5.74) is 7.17. The molecule has 1 aliphatic heterocycles. The largest absolute Gasteiger partial charge is 0.397 e. The van der Waals surface area contributed by atoms with E-state index in [0.717, 1.165) is 25.9 Å². The Balaban J connectivity index is 2.16. The number of benzene rings is 1. The van der Waals surface area contributed by atoms with Crippen LogP contribution in [-0.2, 0) is 0 Å². The van der Waals surface area contributed by atoms with Gasteiger partial charge in [0.2, 0.25) is 0 Å². The van der Waals surface area contributed by atoms with Crippen molar-refractivity contribution in [3.8, 4) is 0 Å². The number of likely N-dealkylation sites (tertiary alicyclic amines) is 1. The van der Waals surface area contributed by atoms with Gasteiger partial charge in [-0.1, -0.05) is 19.1 Å². The smallest absolute Gasteiger partial charge is 0.324 e. The van der Waals surface area contributed by atoms with E-state index in [0.29, 0.717) is 17.3 Å². The number of carbonyl (C=O) groups is 1. The standard InChI is InChI=1S/C15H23N3O2/c1-12-6-8-17(9-7-12)15(20)18(10-11-19)14-5-3-2-4-13(14)16/h2-5,12,19H,6-11,16H2,1H3. The molecule has 0 unspecified atom stereocenters. The number of nitrogens with zero attached hydrogens (tertiary/aromatic N) is 2. The number of nitrogens with two attached hydrogens (primary N) is 1. The number of hydrogen-bond donors (Lipinski definition) is 2. The van der Waals surface area contributed by atoms with Crippen molar-refractivity contribution in [3.63, 3.8) is 0 Å². The van der Waals surface area contributed by atoms with Crippen LogP contribution >= 0.6 is 0 Å². The Morgan fingerprint density at radius 2 is 2.05 bits per heavy atom. The molecule has 2 amide bonds. The fourth-order valence-corrected chi connectivity index (χ4v) is 2.52. The maximum Gasteiger partial charge on any atom is 0.324 e. The average molecular weight is 277 g/mol. The second-order valence-electron chi connectivity index (χ2n) is 5.39. The Kier molecular flexibility index (Phi) is 4.84. The average Bonchev–Trinajstić information content (AvgIpc) is 2.46. The number of rotatable bonds is 3. The SMILES string of the molecule is CC1CCN(C(=O)N(CCO)c2ccccc2N)CC1. The molecule has 3 N–H and O–H groups in total. The third-order valence-electron chi connectivity index (χ3n) is 3.84. The van der Waals surface area contributed by atoms with E-state index in [1.165, 1.54) is 0 Å². The minimum atomic E-state index is -0.0791. The van der Waals surface area contributed by atoms with Crippen LogP contribution in [-0.4, -0.2) is 42.3 Å². The number of amides is 2. The highest BCUT2D eigenvalue weighted by Gasteiger charge is 2.26. The third kappa shape index (κ3) is 3.22. The Hall–Kier alpha value is -1.75. The van der Waals surface area contributed by atoms with Crippen molar-refractivity contribution in [1.29, 1.82) is 0 Å². The van der Waals surface area contributed by atoms with Crippen LogP contribution in [0.15, 0.2) is 24.3 Å². The number of aliphatic hydroxyl groups is 1. The van der Waals surface area contributed by atoms with Gasteiger partial charge < -0.3 is 15.7 Å². The molecule has 1 heterocycles. The van der Waals surface area contributed by atoms with E-state index in [-0.39, 0.29) is 19.2 Å². The van der Waals surface area contributed by atoms with Crippen molar-refractivity contribution < 1.29 is 9.90 Å². The first-order valence-electron chi connectivity index (χ1n) is 7.15. The number of para-hydroxylation sites is 2. The maximum absolute atomic E-state index is 12.6. The molecule has 0 spiro atoms. The zero-order chi connectivity index (χ0) is 14.5. The number of aliphatic hydroxyl groups excluding tert-OH is 1. The van der Waals surface area contributed by atoms with E-state index >= 15 is 0 Å². The monoisotopic (exact) mass is 277 g/mol. The molecule has 0 saturated carbocycles. The molecule has 0 bridgehead atoms. The van der Waals surface area contributed by atoms with Gasteiger partial charge in [-0.15, -0.1) is 0 Å². The lowest BCUT2D eigenvalue weighted by Gasteiger charge is -2.35. The van der Waals surface area contributed by atoms with Crippen molar-refractivity contribution in [2.24, 2.45) is 5.92 Å².